The third kappa shape index (κ3) is 2.35. The molecule has 0 saturated heterocycles. The number of pyridine rings is 1. The van der Waals surface area contributed by atoms with Crippen LogP contribution in [0.4, 0.5) is 21.5 Å². The van der Waals surface area contributed by atoms with Gasteiger partial charge in [0.1, 0.15) is 11.9 Å². The SMILES string of the molecule is N#Cc1cc(Nc2ccc3ncccc3c2N)ccc1F. The molecule has 5 heteroatoms. The summed E-state index contributed by atoms with van der Waals surface area (Å²) in [6.07, 6.45) is 1.70. The zero-order chi connectivity index (χ0) is 14.8. The number of fused-ring (bicyclic) bond motifs is 1. The Morgan fingerprint density at radius 2 is 2.05 bits per heavy atom. The van der Waals surface area contributed by atoms with Crippen LogP contribution in [0.15, 0.2) is 48.7 Å². The van der Waals surface area contributed by atoms with Gasteiger partial charge in [-0.1, -0.05) is 0 Å². The van der Waals surface area contributed by atoms with Gasteiger partial charge in [0, 0.05) is 17.3 Å². The molecule has 2 aromatic carbocycles. The number of hydrogen-bond acceptors (Lipinski definition) is 4. The lowest BCUT2D eigenvalue weighted by molar-refractivity contribution is 0.624. The van der Waals surface area contributed by atoms with Gasteiger partial charge in [-0.15, -0.1) is 0 Å². The fourth-order valence-electron chi connectivity index (χ4n) is 2.13. The number of nitrogens with one attached hydrogen (secondary N) is 1. The van der Waals surface area contributed by atoms with Crippen LogP contribution in [0.5, 0.6) is 0 Å². The molecule has 3 aromatic rings. The van der Waals surface area contributed by atoms with E-state index in [0.29, 0.717) is 17.1 Å². The molecule has 0 saturated carbocycles. The molecule has 0 atom stereocenters. The van der Waals surface area contributed by atoms with Crippen LogP contribution in [0, 0.1) is 17.1 Å². The minimum Gasteiger partial charge on any atom is -0.396 e. The molecule has 0 unspecified atom stereocenters. The van der Waals surface area contributed by atoms with Gasteiger partial charge in [-0.25, -0.2) is 4.39 Å². The zero-order valence-corrected chi connectivity index (χ0v) is 11.0. The van der Waals surface area contributed by atoms with Gasteiger partial charge in [0.05, 0.1) is 22.5 Å². The zero-order valence-electron chi connectivity index (χ0n) is 11.0. The molecule has 0 radical (unpaired) electrons. The Hall–Kier alpha value is -3.13. The first kappa shape index (κ1) is 12.9. The standard InChI is InChI=1S/C16H11FN4/c17-13-4-3-11(8-10(13)9-18)21-15-6-5-14-12(16(15)19)2-1-7-20-14/h1-8,21H,19H2. The van der Waals surface area contributed by atoms with Crippen LogP contribution in [-0.4, -0.2) is 4.98 Å². The highest BCUT2D eigenvalue weighted by atomic mass is 19.1. The molecule has 21 heavy (non-hydrogen) atoms. The fraction of sp³-hybridized carbons (Fsp3) is 0. The van der Waals surface area contributed by atoms with Crippen molar-refractivity contribution < 1.29 is 4.39 Å². The number of aromatic nitrogens is 1. The molecule has 0 aliphatic carbocycles. The smallest absolute Gasteiger partial charge is 0.141 e. The maximum Gasteiger partial charge on any atom is 0.141 e. The average Bonchev–Trinajstić information content (AvgIpc) is 2.52. The molecular weight excluding hydrogens is 267 g/mol. The topological polar surface area (TPSA) is 74.7 Å². The summed E-state index contributed by atoms with van der Waals surface area (Å²) >= 11 is 0. The predicted molar refractivity (Wildman–Crippen MR) is 80.6 cm³/mol. The number of hydrogen-bond donors (Lipinski definition) is 2. The quantitative estimate of drug-likeness (QED) is 0.703. The van der Waals surface area contributed by atoms with Gasteiger partial charge in [-0.2, -0.15) is 5.26 Å². The van der Waals surface area contributed by atoms with Crippen LogP contribution in [0.25, 0.3) is 10.9 Å². The molecule has 102 valence electrons. The molecule has 3 N–H and O–H groups in total. The van der Waals surface area contributed by atoms with Gasteiger partial charge in [0.2, 0.25) is 0 Å². The van der Waals surface area contributed by atoms with E-state index in [0.717, 1.165) is 10.9 Å². The molecule has 0 spiro atoms. The number of nitrogen functional groups attached to an aromatic ring is 1. The van der Waals surface area contributed by atoms with Crippen LogP contribution in [0.3, 0.4) is 0 Å². The lowest BCUT2D eigenvalue weighted by Crippen LogP contribution is -1.98. The van der Waals surface area contributed by atoms with Crippen molar-refractivity contribution in [1.29, 1.82) is 5.26 Å². The summed E-state index contributed by atoms with van der Waals surface area (Å²) in [5.41, 5.74) is 8.76. The number of rotatable bonds is 2. The van der Waals surface area contributed by atoms with E-state index >= 15 is 0 Å². The molecule has 0 aliphatic rings. The number of nitriles is 1. The lowest BCUT2D eigenvalue weighted by Gasteiger charge is -2.11. The summed E-state index contributed by atoms with van der Waals surface area (Å²) in [7, 11) is 0. The van der Waals surface area contributed by atoms with Crippen LogP contribution in [0.1, 0.15) is 5.56 Å². The molecule has 0 bridgehead atoms. The first-order chi connectivity index (χ1) is 10.2. The first-order valence-corrected chi connectivity index (χ1v) is 6.29. The van der Waals surface area contributed by atoms with E-state index in [1.54, 1.807) is 18.3 Å². The predicted octanol–water partition coefficient (Wildman–Crippen LogP) is 3.57. The fourth-order valence-corrected chi connectivity index (χ4v) is 2.13. The monoisotopic (exact) mass is 278 g/mol. The van der Waals surface area contributed by atoms with E-state index in [9.17, 15) is 4.39 Å². The largest absolute Gasteiger partial charge is 0.396 e. The van der Waals surface area contributed by atoms with E-state index in [2.05, 4.69) is 10.3 Å². The number of anilines is 3. The van der Waals surface area contributed by atoms with E-state index in [1.807, 2.05) is 24.3 Å². The van der Waals surface area contributed by atoms with Gasteiger partial charge in [-0.3, -0.25) is 4.98 Å². The van der Waals surface area contributed by atoms with Crippen LogP contribution in [-0.2, 0) is 0 Å². The van der Waals surface area contributed by atoms with Gasteiger partial charge >= 0.3 is 0 Å². The molecule has 4 nitrogen and oxygen atoms in total. The summed E-state index contributed by atoms with van der Waals surface area (Å²) in [4.78, 5) is 4.23. The third-order valence-corrected chi connectivity index (χ3v) is 3.19. The van der Waals surface area contributed by atoms with E-state index in [1.165, 1.54) is 12.1 Å². The molecule has 0 aliphatic heterocycles. The number of halogens is 1. The van der Waals surface area contributed by atoms with Crippen LogP contribution >= 0.6 is 0 Å². The highest BCUT2D eigenvalue weighted by Gasteiger charge is 2.07. The lowest BCUT2D eigenvalue weighted by atomic mass is 10.1. The second-order valence-electron chi connectivity index (χ2n) is 4.53. The number of nitrogens with zero attached hydrogens (tertiary/aromatic N) is 2. The summed E-state index contributed by atoms with van der Waals surface area (Å²) < 4.78 is 13.3. The van der Waals surface area contributed by atoms with E-state index < -0.39 is 5.82 Å². The van der Waals surface area contributed by atoms with Crippen molar-refractivity contribution in [3.63, 3.8) is 0 Å². The number of benzene rings is 2. The Morgan fingerprint density at radius 1 is 1.19 bits per heavy atom. The Kier molecular flexibility index (Phi) is 3.13. The van der Waals surface area contributed by atoms with Gasteiger partial charge in [0.25, 0.3) is 0 Å². The number of nitrogens with two attached hydrogens (primary N) is 1. The van der Waals surface area contributed by atoms with Crippen molar-refractivity contribution in [2.24, 2.45) is 0 Å². The molecule has 0 amide bonds. The van der Waals surface area contributed by atoms with Gasteiger partial charge in [-0.05, 0) is 42.5 Å². The van der Waals surface area contributed by atoms with Crippen molar-refractivity contribution in [3.05, 3.63) is 60.0 Å². The molecular formula is C16H11FN4. The first-order valence-electron chi connectivity index (χ1n) is 6.29. The molecule has 1 heterocycles. The average molecular weight is 278 g/mol. The van der Waals surface area contributed by atoms with Crippen LogP contribution in [0.2, 0.25) is 0 Å². The maximum atomic E-state index is 13.3. The van der Waals surface area contributed by atoms with Crippen molar-refractivity contribution >= 4 is 28.0 Å². The van der Waals surface area contributed by atoms with E-state index in [4.69, 9.17) is 11.0 Å². The van der Waals surface area contributed by atoms with Crippen molar-refractivity contribution in [1.82, 2.24) is 4.98 Å². The minimum atomic E-state index is -0.543. The van der Waals surface area contributed by atoms with Crippen molar-refractivity contribution in [2.75, 3.05) is 11.1 Å². The Balaban J connectivity index is 2.02. The minimum absolute atomic E-state index is 0.0129. The highest BCUT2D eigenvalue weighted by Crippen LogP contribution is 2.30. The van der Waals surface area contributed by atoms with Crippen molar-refractivity contribution in [3.8, 4) is 6.07 Å². The second kappa shape index (κ2) is 5.10. The highest BCUT2D eigenvalue weighted by molar-refractivity contribution is 5.97. The summed E-state index contributed by atoms with van der Waals surface area (Å²) in [6.45, 7) is 0. The van der Waals surface area contributed by atoms with E-state index in [-0.39, 0.29) is 5.56 Å². The Morgan fingerprint density at radius 3 is 2.86 bits per heavy atom. The molecule has 1 aromatic heterocycles. The summed E-state index contributed by atoms with van der Waals surface area (Å²) in [5, 5.41) is 12.8. The van der Waals surface area contributed by atoms with Gasteiger partial charge in [0.15, 0.2) is 0 Å². The van der Waals surface area contributed by atoms with Gasteiger partial charge < -0.3 is 11.1 Å². The summed E-state index contributed by atoms with van der Waals surface area (Å²) in [6, 6.07) is 13.4. The summed E-state index contributed by atoms with van der Waals surface area (Å²) in [5.74, 6) is -0.543. The second-order valence-corrected chi connectivity index (χ2v) is 4.53. The molecule has 3 rings (SSSR count). The maximum absolute atomic E-state index is 13.3. The Bertz CT molecular complexity index is 868. The third-order valence-electron chi connectivity index (χ3n) is 3.19. The van der Waals surface area contributed by atoms with Crippen LogP contribution < -0.4 is 11.1 Å². The normalized spacial score (nSPS) is 10.3. The van der Waals surface area contributed by atoms with Crippen molar-refractivity contribution in [2.45, 2.75) is 0 Å². The Labute approximate surface area is 120 Å². The molecule has 0 fully saturated rings.